The van der Waals surface area contributed by atoms with Gasteiger partial charge in [0.05, 0.1) is 0 Å². The number of aryl methyl sites for hydroxylation is 1. The SMILES string of the molecule is CC(Cc1cccs1)N(C)CCCc1ccc(N)cc1. The van der Waals surface area contributed by atoms with Crippen LogP contribution in [0.3, 0.4) is 0 Å². The molecule has 0 amide bonds. The summed E-state index contributed by atoms with van der Waals surface area (Å²) in [6, 6.07) is 13.2. The van der Waals surface area contributed by atoms with Crippen LogP contribution in [-0.2, 0) is 12.8 Å². The van der Waals surface area contributed by atoms with E-state index in [-0.39, 0.29) is 0 Å². The summed E-state index contributed by atoms with van der Waals surface area (Å²) in [6.45, 7) is 3.44. The molecule has 0 saturated carbocycles. The zero-order valence-corrected chi connectivity index (χ0v) is 13.2. The van der Waals surface area contributed by atoms with Crippen molar-refractivity contribution in [1.29, 1.82) is 0 Å². The van der Waals surface area contributed by atoms with Gasteiger partial charge < -0.3 is 10.6 Å². The number of hydrogen-bond acceptors (Lipinski definition) is 3. The Balaban J connectivity index is 1.71. The van der Waals surface area contributed by atoms with Gasteiger partial charge in [0.1, 0.15) is 0 Å². The van der Waals surface area contributed by atoms with Crippen molar-refractivity contribution in [3.63, 3.8) is 0 Å². The first-order valence-corrected chi connectivity index (χ1v) is 8.10. The number of anilines is 1. The van der Waals surface area contributed by atoms with Crippen LogP contribution in [0.2, 0.25) is 0 Å². The molecule has 1 heterocycles. The topological polar surface area (TPSA) is 29.3 Å². The van der Waals surface area contributed by atoms with Crippen LogP contribution in [-0.4, -0.2) is 24.5 Å². The molecule has 3 heteroatoms. The second-order valence-electron chi connectivity index (χ2n) is 5.46. The highest BCUT2D eigenvalue weighted by atomic mass is 32.1. The van der Waals surface area contributed by atoms with Crippen molar-refractivity contribution in [2.75, 3.05) is 19.3 Å². The van der Waals surface area contributed by atoms with Gasteiger partial charge in [0.2, 0.25) is 0 Å². The minimum atomic E-state index is 0.597. The molecule has 0 radical (unpaired) electrons. The Morgan fingerprint density at radius 1 is 1.20 bits per heavy atom. The standard InChI is InChI=1S/C17H24N2S/c1-14(13-17-6-4-12-20-17)19(2)11-3-5-15-7-9-16(18)10-8-15/h4,6-10,12,14H,3,5,11,13,18H2,1-2H3. The Hall–Kier alpha value is -1.32. The van der Waals surface area contributed by atoms with E-state index in [0.717, 1.165) is 25.1 Å². The lowest BCUT2D eigenvalue weighted by molar-refractivity contribution is 0.254. The van der Waals surface area contributed by atoms with Crippen LogP contribution in [0.25, 0.3) is 0 Å². The lowest BCUT2D eigenvalue weighted by atomic mass is 10.1. The lowest BCUT2D eigenvalue weighted by Crippen LogP contribution is -2.31. The van der Waals surface area contributed by atoms with Gasteiger partial charge in [-0.05, 0) is 68.9 Å². The van der Waals surface area contributed by atoms with Gasteiger partial charge in [-0.3, -0.25) is 0 Å². The molecular weight excluding hydrogens is 264 g/mol. The number of hydrogen-bond donors (Lipinski definition) is 1. The van der Waals surface area contributed by atoms with Gasteiger partial charge in [0.25, 0.3) is 0 Å². The van der Waals surface area contributed by atoms with E-state index >= 15 is 0 Å². The molecule has 20 heavy (non-hydrogen) atoms. The third-order valence-corrected chi connectivity index (χ3v) is 4.68. The van der Waals surface area contributed by atoms with E-state index in [4.69, 9.17) is 5.73 Å². The number of nitrogens with zero attached hydrogens (tertiary/aromatic N) is 1. The van der Waals surface area contributed by atoms with E-state index in [0.29, 0.717) is 6.04 Å². The summed E-state index contributed by atoms with van der Waals surface area (Å²) in [7, 11) is 2.22. The molecule has 0 aliphatic heterocycles. The Labute approximate surface area is 126 Å². The predicted octanol–water partition coefficient (Wildman–Crippen LogP) is 3.83. The minimum absolute atomic E-state index is 0.597. The third-order valence-electron chi connectivity index (χ3n) is 3.79. The van der Waals surface area contributed by atoms with Crippen LogP contribution < -0.4 is 5.73 Å². The summed E-state index contributed by atoms with van der Waals surface area (Å²) in [5, 5.41) is 2.16. The van der Waals surface area contributed by atoms with Gasteiger partial charge >= 0.3 is 0 Å². The van der Waals surface area contributed by atoms with Gasteiger partial charge in [-0.25, -0.2) is 0 Å². The predicted molar refractivity (Wildman–Crippen MR) is 89.3 cm³/mol. The molecule has 1 aromatic heterocycles. The van der Waals surface area contributed by atoms with Gasteiger partial charge in [0, 0.05) is 16.6 Å². The number of rotatable bonds is 7. The molecule has 0 aliphatic rings. The van der Waals surface area contributed by atoms with Crippen molar-refractivity contribution in [3.05, 3.63) is 52.2 Å². The van der Waals surface area contributed by atoms with Crippen molar-refractivity contribution >= 4 is 17.0 Å². The fourth-order valence-electron chi connectivity index (χ4n) is 2.31. The van der Waals surface area contributed by atoms with E-state index in [2.05, 4.69) is 48.5 Å². The summed E-state index contributed by atoms with van der Waals surface area (Å²) in [4.78, 5) is 3.93. The highest BCUT2D eigenvalue weighted by molar-refractivity contribution is 7.09. The molecule has 0 saturated heterocycles. The quantitative estimate of drug-likeness (QED) is 0.785. The van der Waals surface area contributed by atoms with Crippen LogP contribution in [0.4, 0.5) is 5.69 Å². The fourth-order valence-corrected chi connectivity index (χ4v) is 3.14. The summed E-state index contributed by atoms with van der Waals surface area (Å²) in [5.41, 5.74) is 7.92. The molecule has 0 fully saturated rings. The minimum Gasteiger partial charge on any atom is -0.399 e. The number of likely N-dealkylation sites (N-methyl/N-ethyl adjacent to an activating group) is 1. The molecular formula is C17H24N2S. The largest absolute Gasteiger partial charge is 0.399 e. The monoisotopic (exact) mass is 288 g/mol. The van der Waals surface area contributed by atoms with Gasteiger partial charge in [-0.1, -0.05) is 18.2 Å². The number of benzene rings is 1. The first-order chi connectivity index (χ1) is 9.65. The van der Waals surface area contributed by atoms with Gasteiger partial charge in [-0.15, -0.1) is 11.3 Å². The second-order valence-corrected chi connectivity index (χ2v) is 6.49. The van der Waals surface area contributed by atoms with E-state index in [1.807, 2.05) is 23.5 Å². The first-order valence-electron chi connectivity index (χ1n) is 7.22. The second kappa shape index (κ2) is 7.46. The van der Waals surface area contributed by atoms with Crippen LogP contribution in [0.15, 0.2) is 41.8 Å². The van der Waals surface area contributed by atoms with Gasteiger partial charge in [0.15, 0.2) is 0 Å². The van der Waals surface area contributed by atoms with Crippen LogP contribution in [0.5, 0.6) is 0 Å². The summed E-state index contributed by atoms with van der Waals surface area (Å²) in [6.07, 6.45) is 3.46. The van der Waals surface area contributed by atoms with Crippen LogP contribution >= 0.6 is 11.3 Å². The molecule has 0 spiro atoms. The maximum atomic E-state index is 5.70. The van der Waals surface area contributed by atoms with Crippen molar-refractivity contribution in [3.8, 4) is 0 Å². The Morgan fingerprint density at radius 2 is 1.95 bits per heavy atom. The molecule has 0 aliphatic carbocycles. The third kappa shape index (κ3) is 4.66. The first kappa shape index (κ1) is 15.1. The average molecular weight is 288 g/mol. The van der Waals surface area contributed by atoms with E-state index in [1.165, 1.54) is 16.9 Å². The smallest absolute Gasteiger partial charge is 0.0314 e. The molecule has 108 valence electrons. The maximum Gasteiger partial charge on any atom is 0.0314 e. The maximum absolute atomic E-state index is 5.70. The lowest BCUT2D eigenvalue weighted by Gasteiger charge is -2.24. The van der Waals surface area contributed by atoms with Crippen molar-refractivity contribution < 1.29 is 0 Å². The summed E-state index contributed by atoms with van der Waals surface area (Å²) in [5.74, 6) is 0. The number of nitrogen functional groups attached to an aromatic ring is 1. The van der Waals surface area contributed by atoms with Crippen LogP contribution in [0, 0.1) is 0 Å². The normalized spacial score (nSPS) is 12.8. The zero-order valence-electron chi connectivity index (χ0n) is 12.4. The van der Waals surface area contributed by atoms with Crippen molar-refractivity contribution in [2.45, 2.75) is 32.2 Å². The number of thiophene rings is 1. The molecule has 2 nitrogen and oxygen atoms in total. The average Bonchev–Trinajstić information content (AvgIpc) is 2.93. The molecule has 1 unspecified atom stereocenters. The molecule has 2 N–H and O–H groups in total. The molecule has 2 aromatic rings. The summed E-state index contributed by atoms with van der Waals surface area (Å²) >= 11 is 1.85. The molecule has 2 rings (SSSR count). The highest BCUT2D eigenvalue weighted by Crippen LogP contribution is 2.14. The van der Waals surface area contributed by atoms with Crippen molar-refractivity contribution in [1.82, 2.24) is 4.90 Å². The van der Waals surface area contributed by atoms with E-state index < -0.39 is 0 Å². The zero-order chi connectivity index (χ0) is 14.4. The number of nitrogens with two attached hydrogens (primary N) is 1. The fraction of sp³-hybridized carbons (Fsp3) is 0.412. The van der Waals surface area contributed by atoms with E-state index in [9.17, 15) is 0 Å². The Bertz CT molecular complexity index is 490. The van der Waals surface area contributed by atoms with E-state index in [1.54, 1.807) is 0 Å². The molecule has 0 bridgehead atoms. The van der Waals surface area contributed by atoms with Crippen molar-refractivity contribution in [2.24, 2.45) is 0 Å². The Kier molecular flexibility index (Phi) is 5.62. The summed E-state index contributed by atoms with van der Waals surface area (Å²) < 4.78 is 0. The van der Waals surface area contributed by atoms with Gasteiger partial charge in [-0.2, -0.15) is 0 Å². The molecule has 1 atom stereocenters. The highest BCUT2D eigenvalue weighted by Gasteiger charge is 2.10. The van der Waals surface area contributed by atoms with Crippen LogP contribution in [0.1, 0.15) is 23.8 Å². The molecule has 1 aromatic carbocycles. The Morgan fingerprint density at radius 3 is 2.60 bits per heavy atom.